The first-order valence-corrected chi connectivity index (χ1v) is 6.28. The van der Waals surface area contributed by atoms with E-state index in [1.54, 1.807) is 18.2 Å². The van der Waals surface area contributed by atoms with Crippen LogP contribution in [0.5, 0.6) is 0 Å². The molecule has 1 amide bonds. The summed E-state index contributed by atoms with van der Waals surface area (Å²) < 4.78 is 89.5. The van der Waals surface area contributed by atoms with Crippen molar-refractivity contribution in [3.05, 3.63) is 30.3 Å². The monoisotopic (exact) mass is 347 g/mol. The SMILES string of the molecule is O=C(CCCOC(F)(C(F)(F)F)C(F)(F)F)Nc1ccccc1. The fourth-order valence-electron chi connectivity index (χ4n) is 1.51. The normalized spacial score (nSPS) is 13.0. The first kappa shape index (κ1) is 19.2. The highest BCUT2D eigenvalue weighted by molar-refractivity contribution is 5.90. The highest BCUT2D eigenvalue weighted by Gasteiger charge is 2.74. The molecule has 0 saturated carbocycles. The predicted molar refractivity (Wildman–Crippen MR) is 66.2 cm³/mol. The number of ether oxygens (including phenoxy) is 1. The minimum Gasteiger partial charge on any atom is -0.332 e. The highest BCUT2D eigenvalue weighted by atomic mass is 19.4. The quantitative estimate of drug-likeness (QED) is 0.618. The molecule has 1 aromatic carbocycles. The zero-order valence-corrected chi connectivity index (χ0v) is 11.5. The van der Waals surface area contributed by atoms with Crippen molar-refractivity contribution in [1.29, 1.82) is 0 Å². The minimum atomic E-state index is -6.27. The molecule has 0 atom stereocenters. The minimum absolute atomic E-state index is 0.406. The molecule has 1 rings (SSSR count). The molecule has 10 heteroatoms. The zero-order chi connectivity index (χ0) is 17.7. The maximum atomic E-state index is 13.1. The molecule has 0 unspecified atom stereocenters. The molecule has 0 heterocycles. The van der Waals surface area contributed by atoms with Crippen molar-refractivity contribution in [3.8, 4) is 0 Å². The van der Waals surface area contributed by atoms with Crippen LogP contribution in [0.3, 0.4) is 0 Å². The number of para-hydroxylation sites is 1. The Morgan fingerprint density at radius 2 is 1.48 bits per heavy atom. The van der Waals surface area contributed by atoms with Gasteiger partial charge in [0.15, 0.2) is 0 Å². The van der Waals surface area contributed by atoms with E-state index in [1.807, 2.05) is 0 Å². The van der Waals surface area contributed by atoms with Crippen LogP contribution in [0.2, 0.25) is 0 Å². The smallest absolute Gasteiger partial charge is 0.332 e. The Morgan fingerprint density at radius 3 is 1.96 bits per heavy atom. The van der Waals surface area contributed by atoms with Gasteiger partial charge in [-0.25, -0.2) is 0 Å². The fraction of sp³-hybridized carbons (Fsp3) is 0.462. The van der Waals surface area contributed by atoms with Crippen LogP contribution in [0.15, 0.2) is 30.3 Å². The number of amides is 1. The van der Waals surface area contributed by atoms with Crippen LogP contribution in [0.4, 0.5) is 36.4 Å². The number of hydrogen-bond donors (Lipinski definition) is 1. The Balaban J connectivity index is 2.48. The maximum Gasteiger partial charge on any atom is 0.458 e. The summed E-state index contributed by atoms with van der Waals surface area (Å²) in [6.07, 6.45) is -13.5. The van der Waals surface area contributed by atoms with Crippen LogP contribution in [0.25, 0.3) is 0 Å². The zero-order valence-electron chi connectivity index (χ0n) is 11.5. The molecular weight excluding hydrogens is 335 g/mol. The van der Waals surface area contributed by atoms with Crippen LogP contribution in [0, 0.1) is 0 Å². The van der Waals surface area contributed by atoms with Gasteiger partial charge in [-0.1, -0.05) is 18.2 Å². The lowest BCUT2D eigenvalue weighted by Gasteiger charge is -2.29. The number of nitrogens with one attached hydrogen (secondary N) is 1. The average molecular weight is 347 g/mol. The molecule has 0 aliphatic heterocycles. The van der Waals surface area contributed by atoms with Gasteiger partial charge < -0.3 is 10.1 Å². The van der Waals surface area contributed by atoms with E-state index in [0.717, 1.165) is 0 Å². The molecule has 0 saturated heterocycles. The van der Waals surface area contributed by atoms with Gasteiger partial charge in [-0.2, -0.15) is 30.7 Å². The van der Waals surface area contributed by atoms with Crippen molar-refractivity contribution in [2.75, 3.05) is 11.9 Å². The standard InChI is InChI=1S/C13H12F7NO2/c14-11(12(15,16)17,13(18,19)20)23-8-4-7-10(22)21-9-5-2-1-3-6-9/h1-3,5-6H,4,7-8H2,(H,21,22). The second kappa shape index (κ2) is 7.16. The summed E-state index contributed by atoms with van der Waals surface area (Å²) in [7, 11) is 0. The number of rotatable bonds is 6. The van der Waals surface area contributed by atoms with Crippen LogP contribution in [-0.4, -0.2) is 30.7 Å². The van der Waals surface area contributed by atoms with Crippen molar-refractivity contribution >= 4 is 11.6 Å². The second-order valence-electron chi connectivity index (χ2n) is 4.46. The molecule has 130 valence electrons. The van der Waals surface area contributed by atoms with Gasteiger partial charge in [0, 0.05) is 12.1 Å². The number of carbonyl (C=O) groups excluding carboxylic acids is 1. The maximum absolute atomic E-state index is 13.1. The largest absolute Gasteiger partial charge is 0.458 e. The molecule has 1 N–H and O–H groups in total. The average Bonchev–Trinajstić information content (AvgIpc) is 2.42. The summed E-state index contributed by atoms with van der Waals surface area (Å²) >= 11 is 0. The lowest BCUT2D eigenvalue weighted by atomic mass is 10.2. The van der Waals surface area contributed by atoms with Crippen molar-refractivity contribution in [1.82, 2.24) is 0 Å². The summed E-state index contributed by atoms with van der Waals surface area (Å²) in [4.78, 5) is 11.4. The van der Waals surface area contributed by atoms with Gasteiger partial charge in [-0.05, 0) is 18.6 Å². The van der Waals surface area contributed by atoms with Gasteiger partial charge in [0.2, 0.25) is 5.91 Å². The second-order valence-corrected chi connectivity index (χ2v) is 4.46. The van der Waals surface area contributed by atoms with Crippen LogP contribution < -0.4 is 5.32 Å². The molecule has 0 aromatic heterocycles. The van der Waals surface area contributed by atoms with Crippen molar-refractivity contribution < 1.29 is 40.3 Å². The first-order chi connectivity index (χ1) is 10.5. The third kappa shape index (κ3) is 5.08. The number of carbonyl (C=O) groups is 1. The molecule has 0 bridgehead atoms. The topological polar surface area (TPSA) is 38.3 Å². The lowest BCUT2D eigenvalue weighted by Crippen LogP contribution is -2.55. The van der Waals surface area contributed by atoms with E-state index in [1.165, 1.54) is 12.1 Å². The Morgan fingerprint density at radius 1 is 0.957 bits per heavy atom. The Kier molecular flexibility index (Phi) is 5.98. The molecule has 1 aromatic rings. The third-order valence-corrected chi connectivity index (χ3v) is 2.64. The number of anilines is 1. The molecule has 23 heavy (non-hydrogen) atoms. The Labute approximate surface area is 126 Å². The van der Waals surface area contributed by atoms with Crippen molar-refractivity contribution in [2.45, 2.75) is 31.0 Å². The van der Waals surface area contributed by atoms with Crippen molar-refractivity contribution in [3.63, 3.8) is 0 Å². The molecule has 3 nitrogen and oxygen atoms in total. The number of alkyl halides is 7. The highest BCUT2D eigenvalue weighted by Crippen LogP contribution is 2.46. The molecule has 0 aliphatic rings. The van der Waals surface area contributed by atoms with E-state index in [4.69, 9.17) is 0 Å². The van der Waals surface area contributed by atoms with Gasteiger partial charge in [0.1, 0.15) is 0 Å². The number of hydrogen-bond acceptors (Lipinski definition) is 2. The molecule has 0 aliphatic carbocycles. The van der Waals surface area contributed by atoms with Gasteiger partial charge in [0.25, 0.3) is 0 Å². The van der Waals surface area contributed by atoms with Gasteiger partial charge in [-0.15, -0.1) is 0 Å². The molecule has 0 radical (unpaired) electrons. The summed E-state index contributed by atoms with van der Waals surface area (Å²) in [6.45, 7) is -1.22. The van der Waals surface area contributed by atoms with E-state index < -0.39 is 43.6 Å². The summed E-state index contributed by atoms with van der Waals surface area (Å²) in [5.74, 6) is -6.40. The fourth-order valence-corrected chi connectivity index (χ4v) is 1.51. The number of halogens is 7. The van der Waals surface area contributed by atoms with E-state index in [2.05, 4.69) is 10.1 Å². The van der Waals surface area contributed by atoms with E-state index in [9.17, 15) is 35.5 Å². The van der Waals surface area contributed by atoms with Crippen LogP contribution >= 0.6 is 0 Å². The van der Waals surface area contributed by atoms with E-state index >= 15 is 0 Å². The van der Waals surface area contributed by atoms with Crippen molar-refractivity contribution in [2.24, 2.45) is 0 Å². The van der Waals surface area contributed by atoms with Crippen LogP contribution in [0.1, 0.15) is 12.8 Å². The third-order valence-electron chi connectivity index (χ3n) is 2.64. The van der Waals surface area contributed by atoms with E-state index in [-0.39, 0.29) is 0 Å². The van der Waals surface area contributed by atoms with Gasteiger partial charge in [-0.3, -0.25) is 4.79 Å². The van der Waals surface area contributed by atoms with Gasteiger partial charge >= 0.3 is 18.2 Å². The number of benzene rings is 1. The lowest BCUT2D eigenvalue weighted by molar-refractivity contribution is -0.430. The van der Waals surface area contributed by atoms with Gasteiger partial charge in [0.05, 0.1) is 6.61 Å². The first-order valence-electron chi connectivity index (χ1n) is 6.28. The van der Waals surface area contributed by atoms with Crippen LogP contribution in [-0.2, 0) is 9.53 Å². The molecule has 0 fully saturated rings. The summed E-state index contributed by atoms with van der Waals surface area (Å²) in [5, 5.41) is 2.37. The molecule has 0 spiro atoms. The van der Waals surface area contributed by atoms with E-state index in [0.29, 0.717) is 5.69 Å². The molecular formula is C13H12F7NO2. The Bertz CT molecular complexity index is 499. The summed E-state index contributed by atoms with van der Waals surface area (Å²) in [5.41, 5.74) is 0.406. The Hall–Kier alpha value is -1.84. The summed E-state index contributed by atoms with van der Waals surface area (Å²) in [6, 6.07) is 7.98. The predicted octanol–water partition coefficient (Wildman–Crippen LogP) is 4.21.